The van der Waals surface area contributed by atoms with Gasteiger partial charge in [0, 0.05) is 36.9 Å². The lowest BCUT2D eigenvalue weighted by Crippen LogP contribution is -2.17. The molecule has 1 aliphatic carbocycles. The highest BCUT2D eigenvalue weighted by Crippen LogP contribution is 2.40. The average molecular weight is 453 g/mol. The van der Waals surface area contributed by atoms with Gasteiger partial charge in [-0.1, -0.05) is 6.42 Å². The normalized spacial score (nSPS) is 17.9. The van der Waals surface area contributed by atoms with Crippen molar-refractivity contribution in [3.63, 3.8) is 0 Å². The fraction of sp³-hybridized carbons (Fsp3) is 0.478. The fourth-order valence-electron chi connectivity index (χ4n) is 3.77. The zero-order chi connectivity index (χ0) is 22.8. The number of aromatic nitrogens is 4. The zero-order valence-electron chi connectivity index (χ0n) is 18.2. The quantitative estimate of drug-likeness (QED) is 0.558. The minimum absolute atomic E-state index is 0.0478. The number of hydrogen-bond acceptors (Lipinski definition) is 7. The van der Waals surface area contributed by atoms with Crippen LogP contribution in [0.4, 0.5) is 11.6 Å². The molecule has 1 aliphatic rings. The largest absolute Gasteiger partial charge is 0.309 e. The maximum absolute atomic E-state index is 11.9. The number of terminal acetylenes is 1. The molecule has 168 valence electrons. The van der Waals surface area contributed by atoms with E-state index in [1.54, 1.807) is 17.8 Å². The average Bonchev–Trinajstić information content (AvgIpc) is 2.82. The number of anilines is 2. The highest BCUT2D eigenvalue weighted by atomic mass is 32.2. The fourth-order valence-corrected chi connectivity index (χ4v) is 4.16. The summed E-state index contributed by atoms with van der Waals surface area (Å²) >= 11 is 1.63. The van der Waals surface area contributed by atoms with Crippen molar-refractivity contribution >= 4 is 35.2 Å². The van der Waals surface area contributed by atoms with Crippen LogP contribution in [0.3, 0.4) is 0 Å². The maximum atomic E-state index is 11.9. The molecule has 9 heteroatoms. The molecule has 1 fully saturated rings. The van der Waals surface area contributed by atoms with E-state index in [4.69, 9.17) is 6.42 Å². The Morgan fingerprint density at radius 1 is 0.969 bits per heavy atom. The Labute approximate surface area is 192 Å². The van der Waals surface area contributed by atoms with Gasteiger partial charge in [0.1, 0.15) is 0 Å². The lowest BCUT2D eigenvalue weighted by atomic mass is 9.78. The molecule has 32 heavy (non-hydrogen) atoms. The van der Waals surface area contributed by atoms with Crippen LogP contribution in [-0.4, -0.2) is 44.2 Å². The van der Waals surface area contributed by atoms with Gasteiger partial charge in [-0.2, -0.15) is 22.0 Å². The van der Waals surface area contributed by atoms with Crippen LogP contribution in [0.15, 0.2) is 24.3 Å². The van der Waals surface area contributed by atoms with Crippen LogP contribution in [-0.2, 0) is 9.59 Å². The van der Waals surface area contributed by atoms with E-state index in [1.807, 2.05) is 24.5 Å². The molecule has 1 saturated carbocycles. The minimum atomic E-state index is -0.162. The third-order valence-corrected chi connectivity index (χ3v) is 6.06. The summed E-state index contributed by atoms with van der Waals surface area (Å²) in [7, 11) is 0. The lowest BCUT2D eigenvalue weighted by molar-refractivity contribution is -0.116. The van der Waals surface area contributed by atoms with Gasteiger partial charge < -0.3 is 10.6 Å². The van der Waals surface area contributed by atoms with E-state index in [0.717, 1.165) is 42.8 Å². The second-order valence-corrected chi connectivity index (χ2v) is 8.78. The van der Waals surface area contributed by atoms with Crippen molar-refractivity contribution in [2.24, 2.45) is 0 Å². The molecule has 0 bridgehead atoms. The predicted molar refractivity (Wildman–Crippen MR) is 126 cm³/mol. The van der Waals surface area contributed by atoms with E-state index in [1.165, 1.54) is 0 Å². The van der Waals surface area contributed by atoms with E-state index < -0.39 is 0 Å². The van der Waals surface area contributed by atoms with E-state index in [9.17, 15) is 9.59 Å². The molecule has 2 atom stereocenters. The summed E-state index contributed by atoms with van der Waals surface area (Å²) < 4.78 is 0. The van der Waals surface area contributed by atoms with Gasteiger partial charge in [0.2, 0.25) is 11.8 Å². The van der Waals surface area contributed by atoms with Gasteiger partial charge >= 0.3 is 0 Å². The molecular weight excluding hydrogens is 424 g/mol. The van der Waals surface area contributed by atoms with Crippen molar-refractivity contribution in [1.29, 1.82) is 0 Å². The first-order valence-corrected chi connectivity index (χ1v) is 12.2. The van der Waals surface area contributed by atoms with Crippen LogP contribution in [0.5, 0.6) is 0 Å². The third-order valence-electron chi connectivity index (χ3n) is 5.45. The number of amides is 2. The van der Waals surface area contributed by atoms with Crippen LogP contribution < -0.4 is 10.6 Å². The van der Waals surface area contributed by atoms with E-state index in [2.05, 4.69) is 36.9 Å². The van der Waals surface area contributed by atoms with Crippen molar-refractivity contribution in [3.05, 3.63) is 35.7 Å². The van der Waals surface area contributed by atoms with Crippen LogP contribution in [0.1, 0.15) is 68.2 Å². The number of carbonyl (C=O) groups is 2. The number of hydrogen-bond donors (Lipinski definition) is 2. The Bertz CT molecular complexity index is 942. The Hall–Kier alpha value is -2.99. The number of carbonyl (C=O) groups excluding carboxylic acids is 2. The second-order valence-electron chi connectivity index (χ2n) is 7.79. The van der Waals surface area contributed by atoms with Crippen molar-refractivity contribution in [2.45, 2.75) is 56.8 Å². The number of rotatable bonds is 9. The topological polar surface area (TPSA) is 110 Å². The van der Waals surface area contributed by atoms with E-state index >= 15 is 0 Å². The summed E-state index contributed by atoms with van der Waals surface area (Å²) in [6.45, 7) is 0. The summed E-state index contributed by atoms with van der Waals surface area (Å²) in [6, 6.07) is 7.48. The highest BCUT2D eigenvalue weighted by molar-refractivity contribution is 7.98. The first-order valence-electron chi connectivity index (χ1n) is 10.8. The Morgan fingerprint density at radius 3 is 2.00 bits per heavy atom. The molecular formula is C23H28N6O2S. The van der Waals surface area contributed by atoms with Crippen molar-refractivity contribution < 1.29 is 9.59 Å². The minimum Gasteiger partial charge on any atom is -0.309 e. The maximum Gasteiger partial charge on any atom is 0.226 e. The van der Waals surface area contributed by atoms with Gasteiger partial charge in [-0.25, -0.2) is 0 Å². The Balaban J connectivity index is 1.56. The second kappa shape index (κ2) is 12.2. The van der Waals surface area contributed by atoms with Gasteiger partial charge in [0.15, 0.2) is 11.6 Å². The zero-order valence-corrected chi connectivity index (χ0v) is 19.0. The Kier molecular flexibility index (Phi) is 8.99. The van der Waals surface area contributed by atoms with Crippen LogP contribution >= 0.6 is 11.8 Å². The molecule has 2 aromatic heterocycles. The smallest absolute Gasteiger partial charge is 0.226 e. The number of nitrogens with zero attached hydrogens (tertiary/aromatic N) is 4. The molecule has 0 unspecified atom stereocenters. The highest BCUT2D eigenvalue weighted by Gasteiger charge is 2.26. The number of nitrogens with one attached hydrogen (secondary N) is 2. The van der Waals surface area contributed by atoms with Crippen molar-refractivity contribution in [3.8, 4) is 12.3 Å². The summed E-state index contributed by atoms with van der Waals surface area (Å²) in [5.74, 6) is 4.50. The molecule has 0 aromatic carbocycles. The molecule has 2 amide bonds. The molecule has 2 N–H and O–H groups in total. The van der Waals surface area contributed by atoms with E-state index in [0.29, 0.717) is 24.5 Å². The van der Waals surface area contributed by atoms with Gasteiger partial charge in [-0.15, -0.1) is 22.5 Å². The Morgan fingerprint density at radius 2 is 1.53 bits per heavy atom. The summed E-state index contributed by atoms with van der Waals surface area (Å²) in [6.07, 6.45) is 12.3. The monoisotopic (exact) mass is 452 g/mol. The molecule has 3 rings (SSSR count). The van der Waals surface area contributed by atoms with Crippen LogP contribution in [0, 0.1) is 12.3 Å². The van der Waals surface area contributed by atoms with E-state index in [-0.39, 0.29) is 30.1 Å². The molecule has 0 radical (unpaired) electrons. The molecule has 0 spiro atoms. The van der Waals surface area contributed by atoms with Gasteiger partial charge in [-0.05, 0) is 49.8 Å². The van der Waals surface area contributed by atoms with Gasteiger partial charge in [-0.3, -0.25) is 9.59 Å². The molecule has 0 saturated heterocycles. The van der Waals surface area contributed by atoms with Crippen LogP contribution in [0.25, 0.3) is 0 Å². The first-order chi connectivity index (χ1) is 15.6. The van der Waals surface area contributed by atoms with Crippen molar-refractivity contribution in [2.75, 3.05) is 22.6 Å². The summed E-state index contributed by atoms with van der Waals surface area (Å²) in [5.41, 5.74) is 1.85. The van der Waals surface area contributed by atoms with Crippen molar-refractivity contribution in [1.82, 2.24) is 20.4 Å². The SMILES string of the molecule is C#CCCC(=O)Nc1ccc([C@H]2CCC[C@H](c3ccc(NC(=O)CCSC)nn3)C2)nn1. The molecule has 0 aliphatic heterocycles. The van der Waals surface area contributed by atoms with Gasteiger partial charge in [0.05, 0.1) is 11.4 Å². The summed E-state index contributed by atoms with van der Waals surface area (Å²) in [4.78, 5) is 23.6. The molecule has 2 heterocycles. The van der Waals surface area contributed by atoms with Crippen LogP contribution in [0.2, 0.25) is 0 Å². The standard InChI is InChI=1S/C23H28N6O2S/c1-3-4-8-22(30)24-20-11-9-18(26-28-20)16-6-5-7-17(15-16)19-10-12-21(29-27-19)25-23(31)13-14-32-2/h1,9-12,16-17H,4-8,13-15H2,2H3,(H,24,28,30)(H,25,29,31)/t16-,17-/m0/s1. The predicted octanol–water partition coefficient (Wildman–Crippen LogP) is 3.75. The number of thioether (sulfide) groups is 1. The van der Waals surface area contributed by atoms with Gasteiger partial charge in [0.25, 0.3) is 0 Å². The lowest BCUT2D eigenvalue weighted by Gasteiger charge is -2.28. The molecule has 2 aromatic rings. The molecule has 8 nitrogen and oxygen atoms in total. The first kappa shape index (κ1) is 23.7. The third kappa shape index (κ3) is 7.02. The summed E-state index contributed by atoms with van der Waals surface area (Å²) in [5, 5.41) is 22.6.